The van der Waals surface area contributed by atoms with Gasteiger partial charge in [0.2, 0.25) is 11.8 Å². The second-order valence-corrected chi connectivity index (χ2v) is 8.18. The number of fused-ring (bicyclic) bond motifs is 1. The molecule has 30 heavy (non-hydrogen) atoms. The van der Waals surface area contributed by atoms with E-state index in [1.807, 2.05) is 48.5 Å². The van der Waals surface area contributed by atoms with Gasteiger partial charge in [-0.1, -0.05) is 48.5 Å². The molecule has 1 saturated heterocycles. The summed E-state index contributed by atoms with van der Waals surface area (Å²) in [6.07, 6.45) is 2.10. The van der Waals surface area contributed by atoms with Gasteiger partial charge in [0.15, 0.2) is 0 Å². The molecule has 6 nitrogen and oxygen atoms in total. The topological polar surface area (TPSA) is 78.5 Å². The maximum absolute atomic E-state index is 12.8. The van der Waals surface area contributed by atoms with E-state index in [9.17, 15) is 14.4 Å². The van der Waals surface area contributed by atoms with Crippen molar-refractivity contribution in [3.05, 3.63) is 71.8 Å². The molecule has 0 unspecified atom stereocenters. The minimum absolute atomic E-state index is 0.0363. The summed E-state index contributed by atoms with van der Waals surface area (Å²) in [5.74, 6) is -0.301. The molecular weight excluding hydrogens is 378 g/mol. The van der Waals surface area contributed by atoms with Gasteiger partial charge in [0.1, 0.15) is 0 Å². The van der Waals surface area contributed by atoms with Crippen molar-refractivity contribution in [1.82, 2.24) is 15.5 Å². The van der Waals surface area contributed by atoms with Crippen molar-refractivity contribution in [2.75, 3.05) is 19.6 Å². The summed E-state index contributed by atoms with van der Waals surface area (Å²) >= 11 is 0. The second kappa shape index (κ2) is 9.11. The zero-order chi connectivity index (χ0) is 20.9. The van der Waals surface area contributed by atoms with Crippen LogP contribution >= 0.6 is 0 Å². The van der Waals surface area contributed by atoms with Gasteiger partial charge in [-0.25, -0.2) is 0 Å². The van der Waals surface area contributed by atoms with E-state index in [4.69, 9.17) is 0 Å². The molecule has 0 radical (unpaired) electrons. The summed E-state index contributed by atoms with van der Waals surface area (Å²) in [5, 5.41) is 6.07. The van der Waals surface area contributed by atoms with Gasteiger partial charge < -0.3 is 15.5 Å². The number of rotatable bonds is 5. The van der Waals surface area contributed by atoms with Gasteiger partial charge in [-0.05, 0) is 42.9 Å². The molecule has 156 valence electrons. The third-order valence-corrected chi connectivity index (χ3v) is 6.06. The van der Waals surface area contributed by atoms with Crippen LogP contribution in [0.1, 0.15) is 28.8 Å². The molecule has 2 aromatic carbocycles. The van der Waals surface area contributed by atoms with E-state index in [2.05, 4.69) is 10.6 Å². The molecule has 1 heterocycles. The maximum atomic E-state index is 12.8. The van der Waals surface area contributed by atoms with Crippen LogP contribution < -0.4 is 10.6 Å². The Hall–Kier alpha value is -3.15. The molecule has 0 spiro atoms. The fourth-order valence-corrected chi connectivity index (χ4v) is 4.53. The quantitative estimate of drug-likeness (QED) is 0.799. The Kier molecular flexibility index (Phi) is 6.12. The van der Waals surface area contributed by atoms with Crippen molar-refractivity contribution in [3.8, 4) is 0 Å². The predicted molar refractivity (Wildman–Crippen MR) is 114 cm³/mol. The molecule has 6 heteroatoms. The molecule has 3 amide bonds. The maximum Gasteiger partial charge on any atom is 0.254 e. The Labute approximate surface area is 176 Å². The van der Waals surface area contributed by atoms with Crippen LogP contribution in [0, 0.1) is 11.8 Å². The first-order valence-electron chi connectivity index (χ1n) is 10.6. The number of nitrogens with zero attached hydrogens (tertiary/aromatic N) is 1. The molecule has 0 bridgehead atoms. The summed E-state index contributed by atoms with van der Waals surface area (Å²) in [7, 11) is 0. The Morgan fingerprint density at radius 2 is 1.70 bits per heavy atom. The summed E-state index contributed by atoms with van der Waals surface area (Å²) in [6.45, 7) is 1.15. The van der Waals surface area contributed by atoms with Crippen LogP contribution in [-0.4, -0.2) is 48.3 Å². The van der Waals surface area contributed by atoms with Gasteiger partial charge >= 0.3 is 0 Å². The van der Waals surface area contributed by atoms with Crippen LogP contribution in [0.5, 0.6) is 0 Å². The van der Waals surface area contributed by atoms with Crippen LogP contribution in [0.3, 0.4) is 0 Å². The van der Waals surface area contributed by atoms with Crippen LogP contribution in [0.25, 0.3) is 0 Å². The zero-order valence-corrected chi connectivity index (χ0v) is 16.9. The van der Waals surface area contributed by atoms with Crippen LogP contribution in [0.15, 0.2) is 60.7 Å². The first kappa shape index (κ1) is 20.1. The van der Waals surface area contributed by atoms with E-state index >= 15 is 0 Å². The lowest BCUT2D eigenvalue weighted by Crippen LogP contribution is -2.39. The Balaban J connectivity index is 1.34. The number of amides is 3. The summed E-state index contributed by atoms with van der Waals surface area (Å²) in [4.78, 5) is 39.5. The highest BCUT2D eigenvalue weighted by Crippen LogP contribution is 2.33. The van der Waals surface area contributed by atoms with E-state index < -0.39 is 0 Å². The highest BCUT2D eigenvalue weighted by atomic mass is 16.2. The molecule has 2 N–H and O–H groups in total. The largest absolute Gasteiger partial charge is 0.356 e. The summed E-state index contributed by atoms with van der Waals surface area (Å²) in [6, 6.07) is 19.0. The number of carbonyl (C=O) groups excluding carboxylic acids is 3. The Bertz CT molecular complexity index is 900. The van der Waals surface area contributed by atoms with Crippen molar-refractivity contribution in [1.29, 1.82) is 0 Å². The zero-order valence-electron chi connectivity index (χ0n) is 16.9. The smallest absolute Gasteiger partial charge is 0.254 e. The van der Waals surface area contributed by atoms with E-state index in [1.54, 1.807) is 17.0 Å². The van der Waals surface area contributed by atoms with E-state index in [0.29, 0.717) is 31.5 Å². The summed E-state index contributed by atoms with van der Waals surface area (Å²) < 4.78 is 0. The molecule has 2 fully saturated rings. The minimum Gasteiger partial charge on any atom is -0.356 e. The molecule has 2 aliphatic rings. The SMILES string of the molecule is O=C1CN(C(=O)c2ccccc2)C[C@H]2C[C@H](C(=O)NCCc3ccccc3)C[C@H]2N1. The fraction of sp³-hybridized carbons (Fsp3) is 0.375. The predicted octanol–water partition coefficient (Wildman–Crippen LogP) is 2.01. The van der Waals surface area contributed by atoms with Gasteiger partial charge in [0.05, 0.1) is 6.54 Å². The highest BCUT2D eigenvalue weighted by molar-refractivity contribution is 5.96. The van der Waals surface area contributed by atoms with Crippen LogP contribution in [0.4, 0.5) is 0 Å². The number of carbonyl (C=O) groups is 3. The Morgan fingerprint density at radius 3 is 2.43 bits per heavy atom. The third kappa shape index (κ3) is 4.70. The minimum atomic E-state index is -0.156. The van der Waals surface area contributed by atoms with Crippen LogP contribution in [0.2, 0.25) is 0 Å². The van der Waals surface area contributed by atoms with Crippen molar-refractivity contribution in [3.63, 3.8) is 0 Å². The number of nitrogens with one attached hydrogen (secondary N) is 2. The molecule has 4 rings (SSSR count). The molecule has 3 atom stereocenters. The van der Waals surface area contributed by atoms with Gasteiger partial charge in [-0.2, -0.15) is 0 Å². The lowest BCUT2D eigenvalue weighted by Gasteiger charge is -2.23. The number of hydrogen-bond acceptors (Lipinski definition) is 3. The molecule has 1 aliphatic heterocycles. The number of benzene rings is 2. The Morgan fingerprint density at radius 1 is 1.00 bits per heavy atom. The molecule has 2 aromatic rings. The first-order valence-corrected chi connectivity index (χ1v) is 10.6. The monoisotopic (exact) mass is 405 g/mol. The van der Waals surface area contributed by atoms with E-state index in [-0.39, 0.29) is 42.1 Å². The second-order valence-electron chi connectivity index (χ2n) is 8.18. The van der Waals surface area contributed by atoms with Gasteiger partial charge in [-0.15, -0.1) is 0 Å². The van der Waals surface area contributed by atoms with Gasteiger partial charge in [-0.3, -0.25) is 14.4 Å². The molecular formula is C24H27N3O3. The first-order chi connectivity index (χ1) is 14.6. The van der Waals surface area contributed by atoms with Crippen molar-refractivity contribution >= 4 is 17.7 Å². The number of hydrogen-bond donors (Lipinski definition) is 2. The van der Waals surface area contributed by atoms with Crippen molar-refractivity contribution in [2.24, 2.45) is 11.8 Å². The van der Waals surface area contributed by atoms with E-state index in [0.717, 1.165) is 6.42 Å². The fourth-order valence-electron chi connectivity index (χ4n) is 4.53. The average Bonchev–Trinajstić information content (AvgIpc) is 3.09. The lowest BCUT2D eigenvalue weighted by molar-refractivity contribution is -0.125. The van der Waals surface area contributed by atoms with E-state index in [1.165, 1.54) is 5.56 Å². The van der Waals surface area contributed by atoms with Gasteiger partial charge in [0.25, 0.3) is 5.91 Å². The standard InChI is InChI=1S/C24H27N3O3/c28-22-16-27(24(30)18-9-5-2-6-10-18)15-20-13-19(14-21(20)26-22)23(29)25-12-11-17-7-3-1-4-8-17/h1-10,19-21H,11-16H2,(H,25,29)(H,26,28)/t19-,20+,21+/m0/s1. The normalized spacial score (nSPS) is 23.3. The van der Waals surface area contributed by atoms with Gasteiger partial charge in [0, 0.05) is 30.6 Å². The molecule has 0 aromatic heterocycles. The molecule has 1 aliphatic carbocycles. The van der Waals surface area contributed by atoms with Crippen molar-refractivity contribution in [2.45, 2.75) is 25.3 Å². The highest BCUT2D eigenvalue weighted by Gasteiger charge is 2.42. The van der Waals surface area contributed by atoms with Crippen LogP contribution in [-0.2, 0) is 16.0 Å². The van der Waals surface area contributed by atoms with Crippen molar-refractivity contribution < 1.29 is 14.4 Å². The average molecular weight is 405 g/mol. The lowest BCUT2D eigenvalue weighted by atomic mass is 10.0. The third-order valence-electron chi connectivity index (χ3n) is 6.06. The molecule has 1 saturated carbocycles. The summed E-state index contributed by atoms with van der Waals surface area (Å²) in [5.41, 5.74) is 1.77.